The highest BCUT2D eigenvalue weighted by Crippen LogP contribution is 2.19. The summed E-state index contributed by atoms with van der Waals surface area (Å²) in [5.74, 6) is -0.539. The molecule has 0 unspecified atom stereocenters. The first kappa shape index (κ1) is 114. The molecule has 0 bridgehead atoms. The van der Waals surface area contributed by atoms with E-state index in [-0.39, 0.29) is 117 Å². The number of nitrogens with zero attached hydrogens (tertiary/aromatic N) is 3. The first-order chi connectivity index (χ1) is 54.2. The first-order valence-electron chi connectivity index (χ1n) is 38.4. The maximum Gasteiger partial charge on any atom is 0.300 e. The van der Waals surface area contributed by atoms with E-state index in [1.165, 1.54) is 25.2 Å². The molecule has 3 aromatic rings. The van der Waals surface area contributed by atoms with Crippen molar-refractivity contribution >= 4 is 74.3 Å². The number of carbonyl (C=O) groups excluding carboxylic acids is 8. The summed E-state index contributed by atoms with van der Waals surface area (Å²) >= 11 is 0. The number of amides is 4. The van der Waals surface area contributed by atoms with E-state index < -0.39 is 23.7 Å². The molecule has 0 spiro atoms. The quantitative estimate of drug-likeness (QED) is 0.00940. The Morgan fingerprint density at radius 3 is 1.24 bits per heavy atom. The SMILES string of the molecule is CC(=O)O.CCc1ccc(OCC(=O)CCCOCCOCCN=[N+]=[N-])cc1.CCc1ccc(OCC(=O)NCCOCCOCCN)cc1.CN.CNC(=O)[C@H](CCO)CC(=O)[C@H](CC(C)C)NC.CNC(=O)[C@H](CCO)CC(=O)[C@H](CC(C)C)NC.CNC(=O)[C@H](CCO)CC(=O)[C@H](Cc1ccccc1)NC.CSSC. The molecule has 0 saturated heterocycles. The molecule has 648 valence electrons. The monoisotopic (exact) mass is 1640 g/mol. The van der Waals surface area contributed by atoms with Gasteiger partial charge in [-0.15, -0.1) is 0 Å². The first-order valence-corrected chi connectivity index (χ1v) is 41.4. The number of azide groups is 1. The average Bonchev–Trinajstić information content (AvgIpc) is 0.916. The standard InChI is InChI=1S/C17H25N3O4.C16H26N2O4.C16H24N2O3.2C13H26N2O3.C2H4O2.C2H6S2.CH5N/c1-2-15-5-7-17(8-6-15)24-14-16(21)4-3-10-22-12-13-23-11-9-19-20-18;1-2-14-3-5-15(6-4-14)22-13-16(19)18-8-10-21-12-11-20-9-7-17;1-17-14(10-12-6-4-3-5-7-12)15(20)11-13(8-9-19)16(21)18-2;2*1-9(2)7-11(14-3)12(17)8-10(5-6-16)13(18)15-4;1-2(3)4;1-3-4-2;1-2/h5-8H,2-4,9-14H2,1H3;3-6H,2,7-13,17H2,1H3,(H,18,19);3-7,13-14,17,19H,8-11H2,1-2H3,(H,18,21);2*9-11,14,16H,5-8H2,1-4H3,(H,15,18);1H3,(H,3,4);1-2H3;2H2,1H3/t;;13-,14+;2*10-,11+;;;/m..111.../s1. The Hall–Kier alpha value is -7.18. The minimum absolute atomic E-state index is 0.00504. The fourth-order valence-electron chi connectivity index (χ4n) is 9.79. The van der Waals surface area contributed by atoms with Crippen molar-refractivity contribution in [2.45, 2.75) is 150 Å². The van der Waals surface area contributed by atoms with E-state index in [1.807, 2.05) is 78.9 Å². The summed E-state index contributed by atoms with van der Waals surface area (Å²) in [6.07, 6.45) is 10.7. The van der Waals surface area contributed by atoms with E-state index in [1.54, 1.807) is 56.8 Å². The second-order valence-corrected chi connectivity index (χ2v) is 28.2. The van der Waals surface area contributed by atoms with Crippen molar-refractivity contribution in [3.63, 3.8) is 0 Å². The molecule has 0 saturated carbocycles. The van der Waals surface area contributed by atoms with Crippen LogP contribution in [-0.4, -0.2) is 259 Å². The van der Waals surface area contributed by atoms with Crippen LogP contribution in [0, 0.1) is 29.6 Å². The molecule has 15 N–H and O–H groups in total. The molecule has 0 aromatic heterocycles. The van der Waals surface area contributed by atoms with Gasteiger partial charge in [-0.3, -0.25) is 43.2 Å². The largest absolute Gasteiger partial charge is 0.486 e. The number of ketones is 4. The molecular formula is C80H142N12O19S2. The Morgan fingerprint density at radius 2 is 0.894 bits per heavy atom. The number of likely N-dealkylation sites (N-methyl/N-ethyl adjacent to an activating group) is 3. The lowest BCUT2D eigenvalue weighted by atomic mass is 9.91. The van der Waals surface area contributed by atoms with E-state index in [9.17, 15) is 38.4 Å². The number of aryl methyl sites for hydroxylation is 2. The lowest BCUT2D eigenvalue weighted by Gasteiger charge is -2.20. The third-order valence-electron chi connectivity index (χ3n) is 15.9. The molecule has 6 atom stereocenters. The van der Waals surface area contributed by atoms with E-state index in [2.05, 4.69) is 107 Å². The van der Waals surface area contributed by atoms with E-state index >= 15 is 0 Å². The van der Waals surface area contributed by atoms with Gasteiger partial charge in [0, 0.05) is 122 Å². The van der Waals surface area contributed by atoms with Crippen LogP contribution in [0.15, 0.2) is 84.0 Å². The number of aliphatic carboxylic acids is 1. The predicted octanol–water partition coefficient (Wildman–Crippen LogP) is 6.52. The number of hydrogen-bond donors (Lipinski definition) is 13. The molecule has 0 aliphatic carbocycles. The number of nitrogens with two attached hydrogens (primary N) is 2. The lowest BCUT2D eigenvalue weighted by Crippen LogP contribution is -2.39. The van der Waals surface area contributed by atoms with Crippen LogP contribution in [0.4, 0.5) is 0 Å². The Labute approximate surface area is 681 Å². The maximum atomic E-state index is 12.4. The van der Waals surface area contributed by atoms with E-state index in [4.69, 9.17) is 64.9 Å². The summed E-state index contributed by atoms with van der Waals surface area (Å²) in [5, 5.41) is 57.0. The number of carboxylic acid groups (broad SMARTS) is 1. The summed E-state index contributed by atoms with van der Waals surface area (Å²) in [6, 6.07) is 24.5. The molecule has 0 aliphatic heterocycles. The Kier molecular flexibility index (Phi) is 82.4. The second-order valence-electron chi connectivity index (χ2n) is 25.6. The number of Topliss-reactive ketones (excluding diaryl/α,β-unsaturated/α-hetero) is 4. The molecule has 0 heterocycles. The van der Waals surface area contributed by atoms with Gasteiger partial charge in [0.1, 0.15) is 18.1 Å². The van der Waals surface area contributed by atoms with Crippen LogP contribution in [-0.2, 0) is 81.4 Å². The smallest absolute Gasteiger partial charge is 0.300 e. The average molecular weight is 1640 g/mol. The van der Waals surface area contributed by atoms with Crippen LogP contribution in [0.3, 0.4) is 0 Å². The highest BCUT2D eigenvalue weighted by atomic mass is 33.1. The van der Waals surface area contributed by atoms with Gasteiger partial charge in [-0.2, -0.15) is 0 Å². The normalized spacial score (nSPS) is 11.8. The van der Waals surface area contributed by atoms with Gasteiger partial charge < -0.3 is 97.5 Å². The zero-order valence-electron chi connectivity index (χ0n) is 70.4. The second kappa shape index (κ2) is 81.4. The van der Waals surface area contributed by atoms with Crippen molar-refractivity contribution in [1.82, 2.24) is 37.2 Å². The number of carboxylic acids is 1. The Morgan fingerprint density at radius 1 is 0.522 bits per heavy atom. The number of benzene rings is 3. The van der Waals surface area contributed by atoms with Crippen LogP contribution >= 0.6 is 21.6 Å². The number of aliphatic hydroxyl groups excluding tert-OH is 3. The zero-order chi connectivity index (χ0) is 86.4. The van der Waals surface area contributed by atoms with Crippen molar-refractivity contribution in [1.29, 1.82) is 0 Å². The van der Waals surface area contributed by atoms with Crippen molar-refractivity contribution in [3.05, 3.63) is 106 Å². The Balaban J connectivity index is -0.000000418. The molecule has 31 nitrogen and oxygen atoms in total. The molecule has 4 amide bonds. The molecule has 0 aliphatic rings. The van der Waals surface area contributed by atoms with Crippen LogP contribution in [0.25, 0.3) is 10.4 Å². The zero-order valence-corrected chi connectivity index (χ0v) is 72.0. The van der Waals surface area contributed by atoms with Gasteiger partial charge in [-0.1, -0.05) is 123 Å². The van der Waals surface area contributed by atoms with Crippen LogP contribution in [0.1, 0.15) is 129 Å². The van der Waals surface area contributed by atoms with Gasteiger partial charge in [0.2, 0.25) is 17.7 Å². The van der Waals surface area contributed by atoms with Gasteiger partial charge >= 0.3 is 0 Å². The summed E-state index contributed by atoms with van der Waals surface area (Å²) in [5.41, 5.74) is 21.4. The summed E-state index contributed by atoms with van der Waals surface area (Å²) in [4.78, 5) is 106. The van der Waals surface area contributed by atoms with E-state index in [0.29, 0.717) is 129 Å². The molecule has 33 heteroatoms. The number of rotatable bonds is 54. The van der Waals surface area contributed by atoms with Crippen LogP contribution in [0.5, 0.6) is 11.5 Å². The third kappa shape index (κ3) is 68.9. The summed E-state index contributed by atoms with van der Waals surface area (Å²) < 4.78 is 31.9. The highest BCUT2D eigenvalue weighted by Gasteiger charge is 2.28. The number of ether oxygens (including phenoxy) is 6. The molecule has 3 aromatic carbocycles. The third-order valence-corrected chi connectivity index (χ3v) is 17.2. The molecule has 3 rings (SSSR count). The molecule has 113 heavy (non-hydrogen) atoms. The lowest BCUT2D eigenvalue weighted by molar-refractivity contribution is -0.134. The predicted molar refractivity (Wildman–Crippen MR) is 451 cm³/mol. The number of carbonyl (C=O) groups is 9. The topological polar surface area (TPSA) is 475 Å². The van der Waals surface area contributed by atoms with Crippen molar-refractivity contribution in [2.75, 3.05) is 167 Å². The highest BCUT2D eigenvalue weighted by molar-refractivity contribution is 8.76. The summed E-state index contributed by atoms with van der Waals surface area (Å²) in [7, 11) is 14.9. The van der Waals surface area contributed by atoms with Gasteiger partial charge in [0.15, 0.2) is 29.7 Å². The fraction of sp³-hybridized carbons (Fsp3) is 0.662. The van der Waals surface area contributed by atoms with Crippen molar-refractivity contribution in [3.8, 4) is 11.5 Å². The van der Waals surface area contributed by atoms with Gasteiger partial charge in [0.25, 0.3) is 11.9 Å². The Bertz CT molecular complexity index is 2850. The van der Waals surface area contributed by atoms with E-state index in [0.717, 1.165) is 43.9 Å². The minimum Gasteiger partial charge on any atom is -0.486 e. The van der Waals surface area contributed by atoms with Crippen LogP contribution in [0.2, 0.25) is 0 Å². The summed E-state index contributed by atoms with van der Waals surface area (Å²) in [6.45, 7) is 18.4. The molecular weight excluding hydrogens is 1500 g/mol. The van der Waals surface area contributed by atoms with Crippen LogP contribution < -0.4 is 58.2 Å². The molecule has 0 fully saturated rings. The van der Waals surface area contributed by atoms with Crippen molar-refractivity contribution in [2.24, 2.45) is 46.2 Å². The minimum atomic E-state index is -0.833. The number of aliphatic hydroxyl groups is 3. The number of nitrogens with one attached hydrogen (secondary N) is 7. The fourth-order valence-corrected chi connectivity index (χ4v) is 9.79. The van der Waals surface area contributed by atoms with Gasteiger partial charge in [0.05, 0.1) is 64.4 Å². The van der Waals surface area contributed by atoms with Gasteiger partial charge in [-0.25, -0.2) is 0 Å². The maximum absolute atomic E-state index is 12.4. The number of hydrogen-bond acceptors (Lipinski definition) is 26. The molecule has 0 radical (unpaired) electrons. The van der Waals surface area contributed by atoms with Gasteiger partial charge in [-0.05, 0) is 157 Å². The van der Waals surface area contributed by atoms with Crippen molar-refractivity contribution < 1.29 is 92.0 Å².